The molecular formula is C19H20ClF3N2O4S. The third-order valence-electron chi connectivity index (χ3n) is 4.24. The Balaban J connectivity index is 2.23. The van der Waals surface area contributed by atoms with E-state index in [1.807, 2.05) is 0 Å². The van der Waals surface area contributed by atoms with Gasteiger partial charge in [0.2, 0.25) is 15.9 Å². The Morgan fingerprint density at radius 3 is 2.40 bits per heavy atom. The van der Waals surface area contributed by atoms with E-state index < -0.39 is 34.2 Å². The summed E-state index contributed by atoms with van der Waals surface area (Å²) in [7, 11) is -2.57. The second kappa shape index (κ2) is 9.23. The molecule has 0 aliphatic rings. The van der Waals surface area contributed by atoms with Crippen molar-refractivity contribution in [2.45, 2.75) is 24.9 Å². The van der Waals surface area contributed by atoms with Crippen LogP contribution in [-0.4, -0.2) is 38.8 Å². The van der Waals surface area contributed by atoms with E-state index in [1.54, 1.807) is 13.8 Å². The third-order valence-corrected chi connectivity index (χ3v) is 6.49. The zero-order chi connectivity index (χ0) is 22.7. The van der Waals surface area contributed by atoms with Crippen molar-refractivity contribution < 1.29 is 31.1 Å². The molecule has 0 radical (unpaired) electrons. The average molecular weight is 465 g/mol. The number of anilines is 1. The van der Waals surface area contributed by atoms with Crippen molar-refractivity contribution in [3.05, 3.63) is 52.5 Å². The van der Waals surface area contributed by atoms with Crippen LogP contribution in [0.4, 0.5) is 18.9 Å². The van der Waals surface area contributed by atoms with Gasteiger partial charge in [-0.15, -0.1) is 0 Å². The highest BCUT2D eigenvalue weighted by atomic mass is 35.5. The highest BCUT2D eigenvalue weighted by Gasteiger charge is 2.31. The number of carbonyl (C=O) groups is 1. The molecule has 30 heavy (non-hydrogen) atoms. The lowest BCUT2D eigenvalue weighted by atomic mass is 10.2. The molecule has 0 fully saturated rings. The topological polar surface area (TPSA) is 75.7 Å². The molecule has 0 aliphatic carbocycles. The van der Waals surface area contributed by atoms with Crippen molar-refractivity contribution in [1.82, 2.24) is 4.31 Å². The predicted octanol–water partition coefficient (Wildman–Crippen LogP) is 4.33. The summed E-state index contributed by atoms with van der Waals surface area (Å²) in [4.78, 5) is 12.3. The van der Waals surface area contributed by atoms with Gasteiger partial charge in [0.05, 0.1) is 34.8 Å². The van der Waals surface area contributed by atoms with Gasteiger partial charge in [-0.05, 0) is 48.9 Å². The van der Waals surface area contributed by atoms with Crippen LogP contribution < -0.4 is 10.1 Å². The van der Waals surface area contributed by atoms with E-state index in [0.717, 1.165) is 16.4 Å². The zero-order valence-electron chi connectivity index (χ0n) is 16.4. The lowest BCUT2D eigenvalue weighted by Crippen LogP contribution is -2.38. The Morgan fingerprint density at radius 1 is 1.20 bits per heavy atom. The van der Waals surface area contributed by atoms with Crippen molar-refractivity contribution in [3.63, 3.8) is 0 Å². The molecule has 164 valence electrons. The number of nitrogens with one attached hydrogen (secondary N) is 1. The number of benzene rings is 2. The number of aryl methyl sites for hydroxylation is 1. The number of rotatable bonds is 7. The first kappa shape index (κ1) is 24.0. The van der Waals surface area contributed by atoms with Gasteiger partial charge in [-0.2, -0.15) is 17.5 Å². The molecule has 2 rings (SSSR count). The summed E-state index contributed by atoms with van der Waals surface area (Å²) >= 11 is 5.87. The van der Waals surface area contributed by atoms with Crippen LogP contribution in [0.5, 0.6) is 5.75 Å². The second-order valence-corrected chi connectivity index (χ2v) is 8.65. The molecule has 1 N–H and O–H groups in total. The number of ether oxygens (including phenoxy) is 1. The van der Waals surface area contributed by atoms with Crippen molar-refractivity contribution in [2.24, 2.45) is 0 Å². The molecule has 2 aromatic carbocycles. The SMILES string of the molecule is CCN(CC(=O)Nc1cc(C(F)(F)F)ccc1Cl)S(=O)(=O)c1ccc(OC)c(C)c1. The summed E-state index contributed by atoms with van der Waals surface area (Å²) in [5, 5.41) is 2.14. The monoisotopic (exact) mass is 464 g/mol. The Labute approximate surface area is 177 Å². The van der Waals surface area contributed by atoms with E-state index in [2.05, 4.69) is 5.32 Å². The van der Waals surface area contributed by atoms with Gasteiger partial charge in [0.25, 0.3) is 0 Å². The van der Waals surface area contributed by atoms with Gasteiger partial charge in [0, 0.05) is 6.54 Å². The molecule has 0 spiro atoms. The number of amides is 1. The molecule has 0 atom stereocenters. The van der Waals surface area contributed by atoms with Gasteiger partial charge >= 0.3 is 6.18 Å². The third kappa shape index (κ3) is 5.44. The standard InChI is InChI=1S/C19H20ClF3N2O4S/c1-4-25(30(27,28)14-6-8-17(29-3)12(2)9-14)11-18(26)24-16-10-13(19(21,22)23)5-7-15(16)20/h5-10H,4,11H2,1-3H3,(H,24,26). The number of sulfonamides is 1. The lowest BCUT2D eigenvalue weighted by molar-refractivity contribution is -0.137. The summed E-state index contributed by atoms with van der Waals surface area (Å²) in [5.74, 6) is -0.319. The minimum absolute atomic E-state index is 0.0306. The van der Waals surface area contributed by atoms with Crippen LogP contribution >= 0.6 is 11.6 Å². The van der Waals surface area contributed by atoms with Crippen molar-refractivity contribution >= 4 is 33.2 Å². The summed E-state index contributed by atoms with van der Waals surface area (Å²) in [5.41, 5.74) is -0.657. The minimum atomic E-state index is -4.62. The van der Waals surface area contributed by atoms with E-state index in [9.17, 15) is 26.4 Å². The van der Waals surface area contributed by atoms with E-state index in [-0.39, 0.29) is 22.2 Å². The number of carbonyl (C=O) groups excluding carboxylic acids is 1. The smallest absolute Gasteiger partial charge is 0.416 e. The average Bonchev–Trinajstić information content (AvgIpc) is 2.66. The van der Waals surface area contributed by atoms with Gasteiger partial charge in [0.1, 0.15) is 5.75 Å². The molecular weight excluding hydrogens is 445 g/mol. The highest BCUT2D eigenvalue weighted by molar-refractivity contribution is 7.89. The van der Waals surface area contributed by atoms with E-state index in [4.69, 9.17) is 16.3 Å². The molecule has 0 aromatic heterocycles. The first-order valence-corrected chi connectivity index (χ1v) is 10.5. The number of hydrogen-bond donors (Lipinski definition) is 1. The van der Waals surface area contributed by atoms with Gasteiger partial charge in [-0.1, -0.05) is 18.5 Å². The van der Waals surface area contributed by atoms with Crippen LogP contribution in [0, 0.1) is 6.92 Å². The van der Waals surface area contributed by atoms with Crippen LogP contribution in [0.1, 0.15) is 18.1 Å². The maximum absolute atomic E-state index is 12.9. The number of hydrogen-bond acceptors (Lipinski definition) is 4. The molecule has 0 unspecified atom stereocenters. The van der Waals surface area contributed by atoms with E-state index >= 15 is 0 Å². The quantitative estimate of drug-likeness (QED) is 0.662. The Morgan fingerprint density at radius 2 is 1.87 bits per heavy atom. The van der Waals surface area contributed by atoms with Crippen LogP contribution in [0.2, 0.25) is 5.02 Å². The van der Waals surface area contributed by atoms with Crippen LogP contribution in [-0.2, 0) is 21.0 Å². The molecule has 2 aromatic rings. The molecule has 1 amide bonds. The van der Waals surface area contributed by atoms with Gasteiger partial charge in [0.15, 0.2) is 0 Å². The van der Waals surface area contributed by atoms with Gasteiger partial charge in [-0.3, -0.25) is 4.79 Å². The first-order valence-electron chi connectivity index (χ1n) is 8.71. The molecule has 0 saturated carbocycles. The zero-order valence-corrected chi connectivity index (χ0v) is 18.0. The Bertz CT molecular complexity index is 1040. The minimum Gasteiger partial charge on any atom is -0.496 e. The molecule has 0 aliphatic heterocycles. The van der Waals surface area contributed by atoms with Gasteiger partial charge < -0.3 is 10.1 Å². The molecule has 6 nitrogen and oxygen atoms in total. The van der Waals surface area contributed by atoms with Crippen molar-refractivity contribution in [2.75, 3.05) is 25.5 Å². The fourth-order valence-corrected chi connectivity index (χ4v) is 4.33. The van der Waals surface area contributed by atoms with Crippen LogP contribution in [0.15, 0.2) is 41.3 Å². The fraction of sp³-hybridized carbons (Fsp3) is 0.316. The maximum atomic E-state index is 12.9. The molecule has 0 heterocycles. The highest BCUT2D eigenvalue weighted by Crippen LogP contribution is 2.34. The summed E-state index contributed by atoms with van der Waals surface area (Å²) in [6.45, 7) is 2.59. The number of alkyl halides is 3. The van der Waals surface area contributed by atoms with E-state index in [0.29, 0.717) is 17.4 Å². The Hall–Kier alpha value is -2.30. The fourth-order valence-electron chi connectivity index (χ4n) is 2.67. The molecule has 0 bridgehead atoms. The predicted molar refractivity (Wildman–Crippen MR) is 107 cm³/mol. The van der Waals surface area contributed by atoms with Crippen LogP contribution in [0.3, 0.4) is 0 Å². The second-order valence-electron chi connectivity index (χ2n) is 6.30. The van der Waals surface area contributed by atoms with Crippen LogP contribution in [0.25, 0.3) is 0 Å². The number of nitrogens with zero attached hydrogens (tertiary/aromatic N) is 1. The first-order chi connectivity index (χ1) is 13.9. The van der Waals surface area contributed by atoms with Crippen molar-refractivity contribution in [3.8, 4) is 5.75 Å². The number of likely N-dealkylation sites (N-methyl/N-ethyl adjacent to an activating group) is 1. The summed E-state index contributed by atoms with van der Waals surface area (Å²) in [6.07, 6.45) is -4.62. The molecule has 11 heteroatoms. The van der Waals surface area contributed by atoms with Gasteiger partial charge in [-0.25, -0.2) is 8.42 Å². The normalized spacial score (nSPS) is 12.1. The van der Waals surface area contributed by atoms with Crippen molar-refractivity contribution in [1.29, 1.82) is 0 Å². The number of halogens is 4. The molecule has 0 saturated heterocycles. The summed E-state index contributed by atoms with van der Waals surface area (Å²) < 4.78 is 70.4. The number of methoxy groups -OCH3 is 1. The lowest BCUT2D eigenvalue weighted by Gasteiger charge is -2.21. The summed E-state index contributed by atoms with van der Waals surface area (Å²) in [6, 6.07) is 6.75. The Kier molecular flexibility index (Phi) is 7.38. The van der Waals surface area contributed by atoms with E-state index in [1.165, 1.54) is 25.3 Å². The maximum Gasteiger partial charge on any atom is 0.416 e. The largest absolute Gasteiger partial charge is 0.496 e.